The van der Waals surface area contributed by atoms with Crippen molar-refractivity contribution in [3.63, 3.8) is 0 Å². The molecule has 0 nitrogen and oxygen atoms in total. The summed E-state index contributed by atoms with van der Waals surface area (Å²) >= 11 is 12.3. The summed E-state index contributed by atoms with van der Waals surface area (Å²) in [7, 11) is 0. The molecule has 0 heterocycles. The highest BCUT2D eigenvalue weighted by atomic mass is 35.5. The van der Waals surface area contributed by atoms with Crippen molar-refractivity contribution in [1.82, 2.24) is 0 Å². The van der Waals surface area contributed by atoms with Crippen molar-refractivity contribution in [2.75, 3.05) is 0 Å². The normalized spacial score (nSPS) is 37.5. The Morgan fingerprint density at radius 2 is 1.29 bits per heavy atom. The molecule has 2 fully saturated rings. The first-order valence-corrected chi connectivity index (χ1v) is 9.42. The molecule has 3 aliphatic carbocycles. The average molecular weight is 355 g/mol. The van der Waals surface area contributed by atoms with Crippen molar-refractivity contribution in [3.8, 4) is 0 Å². The van der Waals surface area contributed by atoms with Crippen LogP contribution in [0.1, 0.15) is 31.4 Å². The van der Waals surface area contributed by atoms with E-state index in [1.54, 1.807) is 0 Å². The molecule has 0 aliphatic heterocycles. The van der Waals surface area contributed by atoms with Gasteiger partial charge in [-0.15, -0.1) is 0 Å². The van der Waals surface area contributed by atoms with Gasteiger partial charge >= 0.3 is 0 Å². The third-order valence-corrected chi connectivity index (χ3v) is 7.86. The van der Waals surface area contributed by atoms with Gasteiger partial charge < -0.3 is 0 Å². The van der Waals surface area contributed by atoms with Crippen LogP contribution in [0.15, 0.2) is 60.7 Å². The molecule has 24 heavy (non-hydrogen) atoms. The molecule has 0 radical (unpaired) electrons. The van der Waals surface area contributed by atoms with Crippen LogP contribution >= 0.6 is 23.2 Å². The first-order chi connectivity index (χ1) is 11.5. The van der Waals surface area contributed by atoms with Crippen molar-refractivity contribution in [2.24, 2.45) is 17.3 Å². The molecule has 0 unspecified atom stereocenters. The molecule has 122 valence electrons. The summed E-state index contributed by atoms with van der Waals surface area (Å²) in [5.74, 6) is 1.33. The van der Waals surface area contributed by atoms with Crippen molar-refractivity contribution >= 4 is 23.2 Å². The fraction of sp³-hybridized carbons (Fsp3) is 0.364. The Labute approximate surface area is 153 Å². The van der Waals surface area contributed by atoms with Crippen LogP contribution in [0.4, 0.5) is 0 Å². The molecule has 2 aromatic rings. The maximum atomic E-state index is 6.16. The highest BCUT2D eigenvalue weighted by Gasteiger charge is 2.95. The predicted molar refractivity (Wildman–Crippen MR) is 101 cm³/mol. The van der Waals surface area contributed by atoms with Gasteiger partial charge in [0.1, 0.15) is 0 Å². The molecule has 0 amide bonds. The van der Waals surface area contributed by atoms with Gasteiger partial charge in [-0.2, -0.15) is 0 Å². The lowest BCUT2D eigenvalue weighted by molar-refractivity contribution is 0.145. The minimum atomic E-state index is 0.177. The van der Waals surface area contributed by atoms with E-state index in [1.165, 1.54) is 17.5 Å². The molecule has 0 N–H and O–H groups in total. The minimum absolute atomic E-state index is 0.177. The Kier molecular flexibility index (Phi) is 2.81. The fourth-order valence-electron chi connectivity index (χ4n) is 6.84. The number of benzene rings is 2. The summed E-state index contributed by atoms with van der Waals surface area (Å²) < 4.78 is 0. The number of fused-ring (bicyclic) bond motifs is 4. The van der Waals surface area contributed by atoms with Crippen LogP contribution in [0.2, 0.25) is 10.0 Å². The minimum Gasteiger partial charge on any atom is -0.0879 e. The fourth-order valence-corrected chi connectivity index (χ4v) is 7.09. The Morgan fingerprint density at radius 1 is 0.792 bits per heavy atom. The third-order valence-electron chi connectivity index (χ3n) is 7.35. The first kappa shape index (κ1) is 15.0. The summed E-state index contributed by atoms with van der Waals surface area (Å²) in [6, 6.07) is 17.1. The first-order valence-electron chi connectivity index (χ1n) is 8.66. The van der Waals surface area contributed by atoms with Crippen molar-refractivity contribution < 1.29 is 0 Å². The van der Waals surface area contributed by atoms with Gasteiger partial charge in [-0.3, -0.25) is 0 Å². The van der Waals surface area contributed by atoms with E-state index in [4.69, 9.17) is 23.2 Å². The van der Waals surface area contributed by atoms with Crippen LogP contribution in [-0.2, 0) is 10.8 Å². The molecule has 0 bridgehead atoms. The van der Waals surface area contributed by atoms with E-state index >= 15 is 0 Å². The van der Waals surface area contributed by atoms with E-state index in [0.717, 1.165) is 10.0 Å². The zero-order valence-corrected chi connectivity index (χ0v) is 15.4. The van der Waals surface area contributed by atoms with Gasteiger partial charge in [-0.25, -0.2) is 0 Å². The smallest absolute Gasteiger partial charge is 0.0406 e. The predicted octanol–water partition coefficient (Wildman–Crippen LogP) is 6.41. The van der Waals surface area contributed by atoms with Gasteiger partial charge in [-0.1, -0.05) is 73.5 Å². The summed E-state index contributed by atoms with van der Waals surface area (Å²) in [4.78, 5) is 0. The van der Waals surface area contributed by atoms with E-state index < -0.39 is 0 Å². The van der Waals surface area contributed by atoms with E-state index in [9.17, 15) is 0 Å². The highest BCUT2D eigenvalue weighted by molar-refractivity contribution is 6.30. The Hall–Kier alpha value is -1.24. The summed E-state index contributed by atoms with van der Waals surface area (Å²) in [6.45, 7) is 4.89. The molecular formula is C22H20Cl2. The van der Waals surface area contributed by atoms with Crippen molar-refractivity contribution in [2.45, 2.75) is 31.1 Å². The molecule has 0 saturated heterocycles. The van der Waals surface area contributed by atoms with Gasteiger partial charge in [0.2, 0.25) is 0 Å². The molecule has 3 aliphatic rings. The lowest BCUT2D eigenvalue weighted by atomic mass is 9.54. The van der Waals surface area contributed by atoms with E-state index in [-0.39, 0.29) is 16.2 Å². The van der Waals surface area contributed by atoms with Crippen LogP contribution in [0, 0.1) is 17.3 Å². The third kappa shape index (κ3) is 1.34. The zero-order chi connectivity index (χ0) is 16.7. The number of rotatable bonds is 2. The van der Waals surface area contributed by atoms with E-state index in [2.05, 4.69) is 50.3 Å². The summed E-state index contributed by atoms with van der Waals surface area (Å²) in [5.41, 5.74) is 3.47. The number of hydrogen-bond donors (Lipinski definition) is 0. The molecule has 4 atom stereocenters. The van der Waals surface area contributed by atoms with Gasteiger partial charge in [0, 0.05) is 20.9 Å². The molecule has 2 heteroatoms. The molecule has 0 spiro atoms. The Morgan fingerprint density at radius 3 is 1.83 bits per heavy atom. The largest absolute Gasteiger partial charge is 0.0879 e. The zero-order valence-electron chi connectivity index (χ0n) is 13.9. The molecule has 5 rings (SSSR count). The number of halogens is 2. The molecule has 2 saturated carbocycles. The lowest BCUT2D eigenvalue weighted by Crippen LogP contribution is -2.49. The SMILES string of the molecule is CC1(C)[C@]2(c3ccc(Cl)cc3)[C@H]3CC=C[C@H]3[C@]12c1ccc(Cl)cc1. The van der Waals surface area contributed by atoms with E-state index in [1.807, 2.05) is 24.3 Å². The second kappa shape index (κ2) is 4.48. The van der Waals surface area contributed by atoms with Crippen LogP contribution in [-0.4, -0.2) is 0 Å². The standard InChI is InChI=1S/C22H20Cl2/c1-20(2)21(14-6-10-16(23)11-7-14)18-4-3-5-19(18)22(20,21)15-8-12-17(24)13-9-15/h3-4,6-13,18-19H,5H2,1-2H3/t18-,19+,21-,22+/m1/s1. The van der Waals surface area contributed by atoms with Crippen molar-refractivity contribution in [1.29, 1.82) is 0 Å². The molecular weight excluding hydrogens is 335 g/mol. The monoisotopic (exact) mass is 354 g/mol. The Balaban J connectivity index is 1.74. The lowest BCUT2D eigenvalue weighted by Gasteiger charge is -2.48. The van der Waals surface area contributed by atoms with Crippen LogP contribution in [0.5, 0.6) is 0 Å². The van der Waals surface area contributed by atoms with Gasteiger partial charge in [0.25, 0.3) is 0 Å². The quantitative estimate of drug-likeness (QED) is 0.546. The second-order valence-corrected chi connectivity index (χ2v) is 8.92. The van der Waals surface area contributed by atoms with Crippen LogP contribution < -0.4 is 0 Å². The maximum absolute atomic E-state index is 6.16. The molecule has 2 aromatic carbocycles. The Bertz CT molecular complexity index is 847. The van der Waals surface area contributed by atoms with Crippen molar-refractivity contribution in [3.05, 3.63) is 81.9 Å². The number of hydrogen-bond acceptors (Lipinski definition) is 0. The topological polar surface area (TPSA) is 0 Å². The summed E-state index contributed by atoms with van der Waals surface area (Å²) in [6.07, 6.45) is 6.03. The maximum Gasteiger partial charge on any atom is 0.0406 e. The highest BCUT2D eigenvalue weighted by Crippen LogP contribution is 2.94. The van der Waals surface area contributed by atoms with Crippen LogP contribution in [0.3, 0.4) is 0 Å². The van der Waals surface area contributed by atoms with Crippen LogP contribution in [0.25, 0.3) is 0 Å². The average Bonchev–Trinajstić information content (AvgIpc) is 2.82. The van der Waals surface area contributed by atoms with E-state index in [0.29, 0.717) is 11.8 Å². The summed E-state index contributed by atoms with van der Waals surface area (Å²) in [5, 5.41) is 1.62. The second-order valence-electron chi connectivity index (χ2n) is 8.05. The molecule has 0 aromatic heterocycles. The number of allylic oxidation sites excluding steroid dienone is 2. The van der Waals surface area contributed by atoms with Gasteiger partial charge in [-0.05, 0) is 59.1 Å². The van der Waals surface area contributed by atoms with Gasteiger partial charge in [0.15, 0.2) is 0 Å². The van der Waals surface area contributed by atoms with Gasteiger partial charge in [0.05, 0.1) is 0 Å².